The van der Waals surface area contributed by atoms with Crippen molar-refractivity contribution in [3.63, 3.8) is 0 Å². The molecule has 0 fully saturated rings. The Kier molecular flexibility index (Phi) is 5.15. The van der Waals surface area contributed by atoms with Crippen molar-refractivity contribution in [2.45, 2.75) is 33.7 Å². The summed E-state index contributed by atoms with van der Waals surface area (Å²) in [6.07, 6.45) is 0. The van der Waals surface area contributed by atoms with Gasteiger partial charge in [0.2, 0.25) is 0 Å². The third-order valence-corrected chi connectivity index (χ3v) is 3.78. The molecule has 0 aliphatic carbocycles. The summed E-state index contributed by atoms with van der Waals surface area (Å²) in [5.41, 5.74) is 1.23. The SMILES string of the molecule is CCN(CC(C)(C)C(C)NC)c1ccc(F)cc1. The van der Waals surface area contributed by atoms with E-state index in [0.29, 0.717) is 6.04 Å². The van der Waals surface area contributed by atoms with Crippen LogP contribution in [0.3, 0.4) is 0 Å². The molecule has 0 saturated heterocycles. The molecule has 102 valence electrons. The zero-order valence-corrected chi connectivity index (χ0v) is 12.1. The van der Waals surface area contributed by atoms with E-state index < -0.39 is 0 Å². The maximum Gasteiger partial charge on any atom is 0.123 e. The number of rotatable bonds is 6. The first-order chi connectivity index (χ1) is 8.40. The molecule has 0 amide bonds. The highest BCUT2D eigenvalue weighted by Gasteiger charge is 2.27. The van der Waals surface area contributed by atoms with E-state index in [1.165, 1.54) is 12.1 Å². The molecule has 3 heteroatoms. The lowest BCUT2D eigenvalue weighted by molar-refractivity contribution is 0.272. The minimum atomic E-state index is -0.183. The Morgan fingerprint density at radius 2 is 1.83 bits per heavy atom. The highest BCUT2D eigenvalue weighted by molar-refractivity contribution is 5.46. The molecule has 1 atom stereocenters. The Morgan fingerprint density at radius 3 is 2.28 bits per heavy atom. The van der Waals surface area contributed by atoms with Crippen molar-refractivity contribution in [3.05, 3.63) is 30.1 Å². The molecule has 18 heavy (non-hydrogen) atoms. The van der Waals surface area contributed by atoms with Gasteiger partial charge in [-0.3, -0.25) is 0 Å². The molecule has 1 aromatic carbocycles. The van der Waals surface area contributed by atoms with Crippen LogP contribution in [0.15, 0.2) is 24.3 Å². The summed E-state index contributed by atoms with van der Waals surface area (Å²) >= 11 is 0. The fourth-order valence-electron chi connectivity index (χ4n) is 2.06. The van der Waals surface area contributed by atoms with E-state index in [4.69, 9.17) is 0 Å². The van der Waals surface area contributed by atoms with Gasteiger partial charge in [-0.25, -0.2) is 4.39 Å². The van der Waals surface area contributed by atoms with Gasteiger partial charge >= 0.3 is 0 Å². The van der Waals surface area contributed by atoms with E-state index in [2.05, 4.69) is 37.9 Å². The molecule has 2 nitrogen and oxygen atoms in total. The molecule has 0 heterocycles. The quantitative estimate of drug-likeness (QED) is 0.836. The van der Waals surface area contributed by atoms with Crippen LogP contribution in [0.1, 0.15) is 27.7 Å². The van der Waals surface area contributed by atoms with Gasteiger partial charge < -0.3 is 10.2 Å². The normalized spacial score (nSPS) is 13.4. The zero-order chi connectivity index (χ0) is 13.8. The van der Waals surface area contributed by atoms with Crippen LogP contribution in [-0.2, 0) is 0 Å². The first kappa shape index (κ1) is 15.0. The molecule has 0 saturated carbocycles. The lowest BCUT2D eigenvalue weighted by atomic mass is 9.84. The Morgan fingerprint density at radius 1 is 1.28 bits per heavy atom. The molecule has 0 aromatic heterocycles. The minimum absolute atomic E-state index is 0.152. The van der Waals surface area contributed by atoms with Crippen LogP contribution in [0.5, 0.6) is 0 Å². The molecule has 1 unspecified atom stereocenters. The van der Waals surface area contributed by atoms with Gasteiger partial charge in [0.15, 0.2) is 0 Å². The van der Waals surface area contributed by atoms with E-state index in [9.17, 15) is 4.39 Å². The second-order valence-corrected chi connectivity index (χ2v) is 5.49. The van der Waals surface area contributed by atoms with Gasteiger partial charge in [0.25, 0.3) is 0 Å². The number of hydrogen-bond acceptors (Lipinski definition) is 2. The fourth-order valence-corrected chi connectivity index (χ4v) is 2.06. The van der Waals surface area contributed by atoms with Crippen LogP contribution in [0.2, 0.25) is 0 Å². The fraction of sp³-hybridized carbons (Fsp3) is 0.600. The highest BCUT2D eigenvalue weighted by Crippen LogP contribution is 2.25. The Bertz CT molecular complexity index is 359. The topological polar surface area (TPSA) is 15.3 Å². The second kappa shape index (κ2) is 6.19. The van der Waals surface area contributed by atoms with Gasteiger partial charge in [-0.1, -0.05) is 13.8 Å². The molecule has 1 N–H and O–H groups in total. The Balaban J connectivity index is 2.82. The highest BCUT2D eigenvalue weighted by atomic mass is 19.1. The van der Waals surface area contributed by atoms with Crippen molar-refractivity contribution in [3.8, 4) is 0 Å². The molecular formula is C15H25FN2. The van der Waals surface area contributed by atoms with Crippen molar-refractivity contribution < 1.29 is 4.39 Å². The second-order valence-electron chi connectivity index (χ2n) is 5.49. The number of hydrogen-bond donors (Lipinski definition) is 1. The van der Waals surface area contributed by atoms with E-state index in [0.717, 1.165) is 18.8 Å². The predicted molar refractivity (Wildman–Crippen MR) is 76.6 cm³/mol. The number of anilines is 1. The third-order valence-electron chi connectivity index (χ3n) is 3.78. The summed E-state index contributed by atoms with van der Waals surface area (Å²) in [6, 6.07) is 7.16. The van der Waals surface area contributed by atoms with Gasteiger partial charge in [-0.15, -0.1) is 0 Å². The van der Waals surface area contributed by atoms with E-state index in [1.54, 1.807) is 0 Å². The van der Waals surface area contributed by atoms with Gasteiger partial charge in [-0.2, -0.15) is 0 Å². The number of nitrogens with zero attached hydrogens (tertiary/aromatic N) is 1. The van der Waals surface area contributed by atoms with Gasteiger partial charge in [-0.05, 0) is 50.6 Å². The molecule has 0 bridgehead atoms. The smallest absolute Gasteiger partial charge is 0.123 e. The molecule has 0 radical (unpaired) electrons. The van der Waals surface area contributed by atoms with Crippen LogP contribution < -0.4 is 10.2 Å². The number of benzene rings is 1. The average molecular weight is 252 g/mol. The van der Waals surface area contributed by atoms with Crippen LogP contribution in [-0.4, -0.2) is 26.2 Å². The van der Waals surface area contributed by atoms with Crippen LogP contribution >= 0.6 is 0 Å². The lowest BCUT2D eigenvalue weighted by Gasteiger charge is -2.37. The van der Waals surface area contributed by atoms with E-state index in [1.807, 2.05) is 19.2 Å². The average Bonchev–Trinajstić information content (AvgIpc) is 2.36. The number of nitrogens with one attached hydrogen (secondary N) is 1. The molecule has 1 aromatic rings. The maximum absolute atomic E-state index is 12.9. The van der Waals surface area contributed by atoms with Crippen molar-refractivity contribution in [2.24, 2.45) is 5.41 Å². The first-order valence-corrected chi connectivity index (χ1v) is 6.58. The Hall–Kier alpha value is -1.09. The molecular weight excluding hydrogens is 227 g/mol. The zero-order valence-electron chi connectivity index (χ0n) is 12.1. The Labute approximate surface area is 110 Å². The predicted octanol–water partition coefficient (Wildman–Crippen LogP) is 3.29. The monoisotopic (exact) mass is 252 g/mol. The summed E-state index contributed by atoms with van der Waals surface area (Å²) in [6.45, 7) is 10.7. The molecule has 0 aliphatic heterocycles. The van der Waals surface area contributed by atoms with Gasteiger partial charge in [0, 0.05) is 24.8 Å². The van der Waals surface area contributed by atoms with Crippen LogP contribution in [0.25, 0.3) is 0 Å². The van der Waals surface area contributed by atoms with Gasteiger partial charge in [0.1, 0.15) is 5.82 Å². The minimum Gasteiger partial charge on any atom is -0.371 e. The van der Waals surface area contributed by atoms with Gasteiger partial charge in [0.05, 0.1) is 0 Å². The van der Waals surface area contributed by atoms with E-state index in [-0.39, 0.29) is 11.2 Å². The summed E-state index contributed by atoms with van der Waals surface area (Å²) < 4.78 is 12.9. The number of halogens is 1. The van der Waals surface area contributed by atoms with E-state index >= 15 is 0 Å². The van der Waals surface area contributed by atoms with Crippen molar-refractivity contribution in [2.75, 3.05) is 25.0 Å². The standard InChI is InChI=1S/C15H25FN2/c1-6-18(11-15(3,4)12(2)17-5)14-9-7-13(16)8-10-14/h7-10,12,17H,6,11H2,1-5H3. The molecule has 1 rings (SSSR count). The van der Waals surface area contributed by atoms with Crippen molar-refractivity contribution in [1.29, 1.82) is 0 Å². The van der Waals surface area contributed by atoms with Crippen molar-refractivity contribution in [1.82, 2.24) is 5.32 Å². The molecule has 0 spiro atoms. The lowest BCUT2D eigenvalue weighted by Crippen LogP contribution is -2.45. The largest absolute Gasteiger partial charge is 0.371 e. The summed E-state index contributed by atoms with van der Waals surface area (Å²) in [4.78, 5) is 2.28. The summed E-state index contributed by atoms with van der Waals surface area (Å²) in [5.74, 6) is -0.183. The summed E-state index contributed by atoms with van der Waals surface area (Å²) in [5, 5.41) is 3.31. The summed E-state index contributed by atoms with van der Waals surface area (Å²) in [7, 11) is 1.99. The maximum atomic E-state index is 12.9. The third kappa shape index (κ3) is 3.70. The van der Waals surface area contributed by atoms with Crippen molar-refractivity contribution >= 4 is 5.69 Å². The van der Waals surface area contributed by atoms with Crippen LogP contribution in [0, 0.1) is 11.2 Å². The molecule has 0 aliphatic rings. The van der Waals surface area contributed by atoms with Crippen LogP contribution in [0.4, 0.5) is 10.1 Å². The first-order valence-electron chi connectivity index (χ1n) is 6.58.